The average Bonchev–Trinajstić information content (AvgIpc) is 2.61. The summed E-state index contributed by atoms with van der Waals surface area (Å²) in [5.74, 6) is -4.94. The van der Waals surface area contributed by atoms with Crippen molar-refractivity contribution in [2.45, 2.75) is 19.9 Å². The van der Waals surface area contributed by atoms with Gasteiger partial charge in [0, 0.05) is 26.2 Å². The van der Waals surface area contributed by atoms with Crippen LogP contribution in [0.15, 0.2) is 12.1 Å². The number of halogens is 3. The molecule has 1 saturated heterocycles. The number of benzene rings is 1. The van der Waals surface area contributed by atoms with Crippen molar-refractivity contribution in [3.63, 3.8) is 0 Å². The second-order valence-corrected chi connectivity index (χ2v) is 5.61. The average molecular weight is 359 g/mol. The first-order valence-electron chi connectivity index (χ1n) is 7.95. The zero-order chi connectivity index (χ0) is 18.6. The summed E-state index contributed by atoms with van der Waals surface area (Å²) in [5.41, 5.74) is -0.416. The highest BCUT2D eigenvalue weighted by Gasteiger charge is 2.28. The summed E-state index contributed by atoms with van der Waals surface area (Å²) in [7, 11) is 0. The summed E-state index contributed by atoms with van der Waals surface area (Å²) in [6.07, 6.45) is -0.400. The highest BCUT2D eigenvalue weighted by molar-refractivity contribution is 5.94. The van der Waals surface area contributed by atoms with Crippen LogP contribution in [0.1, 0.15) is 13.8 Å². The molecule has 1 aliphatic rings. The molecule has 1 fully saturated rings. The minimum Gasteiger partial charge on any atom is -0.450 e. The van der Waals surface area contributed by atoms with E-state index >= 15 is 0 Å². The van der Waals surface area contributed by atoms with E-state index in [0.717, 1.165) is 12.1 Å². The highest BCUT2D eigenvalue weighted by atomic mass is 19.2. The van der Waals surface area contributed by atoms with Crippen molar-refractivity contribution in [1.29, 1.82) is 0 Å². The number of piperazine rings is 1. The largest absolute Gasteiger partial charge is 0.450 e. The molecule has 1 N–H and O–H groups in total. The van der Waals surface area contributed by atoms with Crippen LogP contribution in [0.2, 0.25) is 0 Å². The van der Waals surface area contributed by atoms with Gasteiger partial charge in [0.1, 0.15) is 0 Å². The molecule has 1 heterocycles. The van der Waals surface area contributed by atoms with Crippen molar-refractivity contribution in [3.05, 3.63) is 29.6 Å². The second kappa shape index (κ2) is 8.19. The molecule has 0 unspecified atom stereocenters. The molecule has 0 aromatic heterocycles. The molecule has 1 aromatic rings. The molecule has 9 heteroatoms. The lowest BCUT2D eigenvalue weighted by molar-refractivity contribution is -0.121. The lowest BCUT2D eigenvalue weighted by atomic mass is 10.2. The van der Waals surface area contributed by atoms with Crippen LogP contribution in [-0.4, -0.2) is 60.6 Å². The van der Waals surface area contributed by atoms with Gasteiger partial charge in [-0.1, -0.05) is 0 Å². The van der Waals surface area contributed by atoms with Gasteiger partial charge in [-0.3, -0.25) is 9.69 Å². The maximum absolute atomic E-state index is 13.6. The fraction of sp³-hybridized carbons (Fsp3) is 0.500. The number of amides is 2. The smallest absolute Gasteiger partial charge is 0.409 e. The summed E-state index contributed by atoms with van der Waals surface area (Å²) in [6, 6.07) is 1.09. The van der Waals surface area contributed by atoms with E-state index < -0.39 is 41.2 Å². The minimum atomic E-state index is -1.63. The fourth-order valence-corrected chi connectivity index (χ4v) is 2.53. The van der Waals surface area contributed by atoms with Crippen LogP contribution in [0, 0.1) is 17.5 Å². The van der Waals surface area contributed by atoms with Crippen LogP contribution in [0.4, 0.5) is 23.7 Å². The number of carbonyl (C=O) groups excluding carboxylic acids is 2. The molecule has 0 spiro atoms. The summed E-state index contributed by atoms with van der Waals surface area (Å²) in [6.45, 7) is 5.30. The van der Waals surface area contributed by atoms with Gasteiger partial charge in [-0.05, 0) is 26.0 Å². The van der Waals surface area contributed by atoms with E-state index in [1.54, 1.807) is 18.7 Å². The predicted octanol–water partition coefficient (Wildman–Crippen LogP) is 2.21. The van der Waals surface area contributed by atoms with Gasteiger partial charge < -0.3 is 15.0 Å². The lowest BCUT2D eigenvalue weighted by Crippen LogP contribution is -2.54. The first-order valence-corrected chi connectivity index (χ1v) is 7.95. The van der Waals surface area contributed by atoms with E-state index in [9.17, 15) is 22.8 Å². The van der Waals surface area contributed by atoms with Crippen molar-refractivity contribution < 1.29 is 27.5 Å². The third-order valence-corrected chi connectivity index (χ3v) is 4.06. The number of nitrogens with one attached hydrogen (secondary N) is 1. The molecule has 0 aliphatic carbocycles. The molecule has 1 atom stereocenters. The van der Waals surface area contributed by atoms with E-state index in [0.29, 0.717) is 26.2 Å². The fourth-order valence-electron chi connectivity index (χ4n) is 2.53. The minimum absolute atomic E-state index is 0.289. The van der Waals surface area contributed by atoms with Gasteiger partial charge in [-0.2, -0.15) is 0 Å². The van der Waals surface area contributed by atoms with Crippen molar-refractivity contribution in [3.8, 4) is 0 Å². The Morgan fingerprint density at radius 2 is 1.80 bits per heavy atom. The normalized spacial score (nSPS) is 16.4. The number of hydrogen-bond donors (Lipinski definition) is 1. The molecule has 1 aliphatic heterocycles. The Balaban J connectivity index is 1.93. The standard InChI is InChI=1S/C16H20F3N3O3/c1-3-25-16(24)22-8-6-21(7-9-22)10(2)15(23)20-12-5-4-11(17)13(18)14(12)19/h4-5,10H,3,6-9H2,1-2H3,(H,20,23)/t10-/m1/s1. The van der Waals surface area contributed by atoms with Gasteiger partial charge in [0.15, 0.2) is 17.5 Å². The Morgan fingerprint density at radius 1 is 1.16 bits per heavy atom. The first kappa shape index (κ1) is 19.0. The van der Waals surface area contributed by atoms with Gasteiger partial charge in [0.05, 0.1) is 18.3 Å². The molecule has 1 aromatic carbocycles. The Labute approximate surface area is 143 Å². The summed E-state index contributed by atoms with van der Waals surface area (Å²) in [4.78, 5) is 27.2. The third-order valence-electron chi connectivity index (χ3n) is 4.06. The molecular formula is C16H20F3N3O3. The Bertz CT molecular complexity index is 649. The van der Waals surface area contributed by atoms with E-state index in [-0.39, 0.29) is 6.61 Å². The molecule has 0 radical (unpaired) electrons. The number of nitrogens with zero attached hydrogens (tertiary/aromatic N) is 2. The van der Waals surface area contributed by atoms with Crippen molar-refractivity contribution in [2.24, 2.45) is 0 Å². The van der Waals surface area contributed by atoms with E-state index in [1.165, 1.54) is 0 Å². The quantitative estimate of drug-likeness (QED) is 0.838. The SMILES string of the molecule is CCOC(=O)N1CCN([C@H](C)C(=O)Nc2ccc(F)c(F)c2F)CC1. The maximum Gasteiger partial charge on any atom is 0.409 e. The Hall–Kier alpha value is -2.29. The lowest BCUT2D eigenvalue weighted by Gasteiger charge is -2.36. The number of hydrogen-bond acceptors (Lipinski definition) is 4. The maximum atomic E-state index is 13.6. The van der Waals surface area contributed by atoms with Crippen LogP contribution in [0.5, 0.6) is 0 Å². The molecule has 138 valence electrons. The third kappa shape index (κ3) is 4.41. The van der Waals surface area contributed by atoms with Crippen LogP contribution in [-0.2, 0) is 9.53 Å². The summed E-state index contributed by atoms with van der Waals surface area (Å²) in [5, 5.41) is 2.26. The summed E-state index contributed by atoms with van der Waals surface area (Å²) < 4.78 is 44.7. The summed E-state index contributed by atoms with van der Waals surface area (Å²) >= 11 is 0. The Kier molecular flexibility index (Phi) is 6.24. The molecule has 25 heavy (non-hydrogen) atoms. The molecule has 2 rings (SSSR count). The first-order chi connectivity index (χ1) is 11.8. The van der Waals surface area contributed by atoms with Gasteiger partial charge in [-0.25, -0.2) is 18.0 Å². The van der Waals surface area contributed by atoms with Crippen LogP contribution in [0.25, 0.3) is 0 Å². The molecule has 0 bridgehead atoms. The van der Waals surface area contributed by atoms with E-state index in [2.05, 4.69) is 5.32 Å². The van der Waals surface area contributed by atoms with Gasteiger partial charge in [0.2, 0.25) is 5.91 Å². The van der Waals surface area contributed by atoms with E-state index in [1.807, 2.05) is 4.90 Å². The van der Waals surface area contributed by atoms with Crippen molar-refractivity contribution in [1.82, 2.24) is 9.80 Å². The monoisotopic (exact) mass is 359 g/mol. The predicted molar refractivity (Wildman–Crippen MR) is 84.6 cm³/mol. The highest BCUT2D eigenvalue weighted by Crippen LogP contribution is 2.20. The topological polar surface area (TPSA) is 61.9 Å². The van der Waals surface area contributed by atoms with Crippen molar-refractivity contribution in [2.75, 3.05) is 38.1 Å². The second-order valence-electron chi connectivity index (χ2n) is 5.61. The Morgan fingerprint density at radius 3 is 2.40 bits per heavy atom. The molecule has 6 nitrogen and oxygen atoms in total. The van der Waals surface area contributed by atoms with Crippen LogP contribution in [0.3, 0.4) is 0 Å². The van der Waals surface area contributed by atoms with Gasteiger partial charge in [0.25, 0.3) is 0 Å². The van der Waals surface area contributed by atoms with Crippen LogP contribution >= 0.6 is 0 Å². The number of carbonyl (C=O) groups is 2. The van der Waals surface area contributed by atoms with Crippen molar-refractivity contribution >= 4 is 17.7 Å². The van der Waals surface area contributed by atoms with E-state index in [4.69, 9.17) is 4.74 Å². The number of rotatable bonds is 4. The number of ether oxygens (including phenoxy) is 1. The van der Waals surface area contributed by atoms with Gasteiger partial charge >= 0.3 is 6.09 Å². The molecular weight excluding hydrogens is 339 g/mol. The van der Waals surface area contributed by atoms with Crippen LogP contribution < -0.4 is 5.32 Å². The molecule has 2 amide bonds. The molecule has 0 saturated carbocycles. The van der Waals surface area contributed by atoms with Gasteiger partial charge in [-0.15, -0.1) is 0 Å². The zero-order valence-electron chi connectivity index (χ0n) is 14.0. The zero-order valence-corrected chi connectivity index (χ0v) is 14.0. The number of anilines is 1.